The van der Waals surface area contributed by atoms with Gasteiger partial charge in [0.25, 0.3) is 11.8 Å². The Balaban J connectivity index is 1.20. The summed E-state index contributed by atoms with van der Waals surface area (Å²) >= 11 is 2.69. The van der Waals surface area contributed by atoms with Crippen LogP contribution in [-0.4, -0.2) is 29.8 Å². The van der Waals surface area contributed by atoms with Crippen LogP contribution in [-0.2, 0) is 9.59 Å². The van der Waals surface area contributed by atoms with Crippen LogP contribution in [0.2, 0.25) is 0 Å². The predicted octanol–water partition coefficient (Wildman–Crippen LogP) is 8.70. The topological polar surface area (TPSA) is 109 Å². The Labute approximate surface area is 298 Å². The molecule has 248 valence electrons. The lowest BCUT2D eigenvalue weighted by atomic mass is 10.1. The Morgan fingerprint density at radius 3 is 2.22 bits per heavy atom. The third-order valence-corrected chi connectivity index (χ3v) is 9.43. The Bertz CT molecular complexity index is 2120. The van der Waals surface area contributed by atoms with Gasteiger partial charge in [0.2, 0.25) is 5.91 Å². The first kappa shape index (κ1) is 33.9. The maximum atomic E-state index is 13.8. The van der Waals surface area contributed by atoms with Crippen molar-refractivity contribution in [3.05, 3.63) is 167 Å². The Morgan fingerprint density at radius 1 is 0.780 bits per heavy atom. The molecule has 0 aliphatic carbocycles. The van der Waals surface area contributed by atoms with E-state index in [1.54, 1.807) is 49.6 Å². The molecule has 6 aromatic rings. The first-order valence-corrected chi connectivity index (χ1v) is 17.4. The molecule has 1 atom stereocenters. The van der Waals surface area contributed by atoms with Crippen LogP contribution in [0.4, 0.5) is 10.8 Å². The van der Waals surface area contributed by atoms with Crippen molar-refractivity contribution in [3.8, 4) is 17.0 Å². The van der Waals surface area contributed by atoms with Crippen LogP contribution in [0.5, 0.6) is 5.75 Å². The zero-order chi connectivity index (χ0) is 34.7. The zero-order valence-corrected chi connectivity index (χ0v) is 28.5. The summed E-state index contributed by atoms with van der Waals surface area (Å²) in [5.41, 5.74) is 4.20. The van der Waals surface area contributed by atoms with Crippen LogP contribution >= 0.6 is 23.1 Å². The molecular formula is C40H32N4O4S2. The van der Waals surface area contributed by atoms with Crippen LogP contribution in [0.25, 0.3) is 17.3 Å². The van der Waals surface area contributed by atoms with Gasteiger partial charge in [-0.2, -0.15) is 0 Å². The number of thioether (sulfide) groups is 1. The summed E-state index contributed by atoms with van der Waals surface area (Å²) < 4.78 is 5.34. The number of thiazole rings is 1. The number of benzene rings is 5. The molecule has 0 aliphatic heterocycles. The minimum Gasteiger partial charge on any atom is -0.497 e. The van der Waals surface area contributed by atoms with Gasteiger partial charge in [-0.15, -0.1) is 23.1 Å². The van der Waals surface area contributed by atoms with Gasteiger partial charge >= 0.3 is 0 Å². The highest BCUT2D eigenvalue weighted by Gasteiger charge is 2.24. The second-order valence-electron chi connectivity index (χ2n) is 10.9. The highest BCUT2D eigenvalue weighted by molar-refractivity contribution is 8.00. The fraction of sp³-hybridized carbons (Fsp3) is 0.0500. The van der Waals surface area contributed by atoms with Crippen molar-refractivity contribution in [1.29, 1.82) is 0 Å². The lowest BCUT2D eigenvalue weighted by molar-refractivity contribution is -0.116. The molecule has 1 aromatic heterocycles. The average Bonchev–Trinajstić information content (AvgIpc) is 3.63. The molecule has 3 amide bonds. The Hall–Kier alpha value is -5.97. The second kappa shape index (κ2) is 16.4. The van der Waals surface area contributed by atoms with E-state index >= 15 is 0 Å². The molecular weight excluding hydrogens is 665 g/mol. The summed E-state index contributed by atoms with van der Waals surface area (Å²) in [5.74, 6) is -0.410. The van der Waals surface area contributed by atoms with Crippen LogP contribution in [0.15, 0.2) is 155 Å². The minimum atomic E-state index is -0.620. The standard InChI is InChI=1S/C40H32N4O4S2/c1-48-32-21-11-19-30(24-32)35-26-49-40(43-35)44-39(47)36(28-15-7-3-8-16-28)50-33-22-12-20-31(25-33)41-38(46)34(23-27-13-5-2-6-14-27)42-37(45)29-17-9-4-10-18-29/h2-26,36H,1H3,(H,41,46)(H,42,45)(H,43,44,47)/b34-23-. The molecule has 1 unspecified atom stereocenters. The molecule has 0 fully saturated rings. The van der Waals surface area contributed by atoms with E-state index < -0.39 is 17.1 Å². The number of anilines is 2. The van der Waals surface area contributed by atoms with Gasteiger partial charge in [0, 0.05) is 27.1 Å². The van der Waals surface area contributed by atoms with Gasteiger partial charge in [-0.05, 0) is 59.7 Å². The zero-order valence-electron chi connectivity index (χ0n) is 26.9. The SMILES string of the molecule is COc1cccc(-c2csc(NC(=O)C(Sc3cccc(NC(=O)/C(=C/c4ccccc4)NC(=O)c4ccccc4)c3)c3ccccc3)n2)c1. The number of nitrogens with one attached hydrogen (secondary N) is 3. The van der Waals surface area contributed by atoms with Crippen molar-refractivity contribution >= 4 is 57.7 Å². The van der Waals surface area contributed by atoms with E-state index in [1.807, 2.05) is 109 Å². The maximum absolute atomic E-state index is 13.8. The van der Waals surface area contributed by atoms with Gasteiger partial charge in [0.05, 0.1) is 12.8 Å². The van der Waals surface area contributed by atoms with E-state index in [9.17, 15) is 14.4 Å². The van der Waals surface area contributed by atoms with Crippen molar-refractivity contribution < 1.29 is 19.1 Å². The minimum absolute atomic E-state index is 0.0846. The number of nitrogens with zero attached hydrogens (tertiary/aromatic N) is 1. The molecule has 0 saturated heterocycles. The van der Waals surface area contributed by atoms with E-state index in [-0.39, 0.29) is 11.6 Å². The normalized spacial score (nSPS) is 11.7. The van der Waals surface area contributed by atoms with E-state index in [2.05, 4.69) is 20.9 Å². The van der Waals surface area contributed by atoms with Gasteiger partial charge < -0.3 is 20.7 Å². The lowest BCUT2D eigenvalue weighted by Crippen LogP contribution is -2.30. The number of carbonyl (C=O) groups is 3. The van der Waals surface area contributed by atoms with Crippen LogP contribution in [0.1, 0.15) is 26.7 Å². The molecule has 10 heteroatoms. The number of amides is 3. The Morgan fingerprint density at radius 2 is 1.48 bits per heavy atom. The maximum Gasteiger partial charge on any atom is 0.272 e. The van der Waals surface area contributed by atoms with Gasteiger partial charge in [-0.25, -0.2) is 4.98 Å². The fourth-order valence-electron chi connectivity index (χ4n) is 4.96. The number of rotatable bonds is 12. The summed E-state index contributed by atoms with van der Waals surface area (Å²) in [6.45, 7) is 0. The van der Waals surface area contributed by atoms with E-state index in [1.165, 1.54) is 23.1 Å². The first-order valence-electron chi connectivity index (χ1n) is 15.6. The summed E-state index contributed by atoms with van der Waals surface area (Å²) in [6, 6.07) is 42.3. The molecule has 6 rings (SSSR count). The average molecular weight is 697 g/mol. The largest absolute Gasteiger partial charge is 0.497 e. The molecule has 3 N–H and O–H groups in total. The van der Waals surface area contributed by atoms with Crippen LogP contribution in [0.3, 0.4) is 0 Å². The van der Waals surface area contributed by atoms with Gasteiger partial charge in [0.15, 0.2) is 5.13 Å². The summed E-state index contributed by atoms with van der Waals surface area (Å²) in [4.78, 5) is 45.8. The first-order chi connectivity index (χ1) is 24.4. The van der Waals surface area contributed by atoms with E-state index in [4.69, 9.17) is 4.74 Å². The van der Waals surface area contributed by atoms with Gasteiger partial charge in [-0.1, -0.05) is 97.1 Å². The fourth-order valence-corrected chi connectivity index (χ4v) is 6.76. The summed E-state index contributed by atoms with van der Waals surface area (Å²) in [6.07, 6.45) is 1.63. The number of carbonyl (C=O) groups excluding carboxylic acids is 3. The number of hydrogen-bond donors (Lipinski definition) is 3. The monoisotopic (exact) mass is 696 g/mol. The molecule has 0 saturated carbocycles. The molecule has 0 bridgehead atoms. The van der Waals surface area contributed by atoms with Crippen molar-refractivity contribution in [2.75, 3.05) is 17.7 Å². The molecule has 5 aromatic carbocycles. The van der Waals surface area contributed by atoms with Gasteiger partial charge in [0.1, 0.15) is 16.7 Å². The van der Waals surface area contributed by atoms with Crippen LogP contribution in [0, 0.1) is 0 Å². The van der Waals surface area contributed by atoms with Crippen molar-refractivity contribution in [1.82, 2.24) is 10.3 Å². The van der Waals surface area contributed by atoms with Crippen molar-refractivity contribution in [2.24, 2.45) is 0 Å². The number of aromatic nitrogens is 1. The molecule has 0 spiro atoms. The third-order valence-electron chi connectivity index (χ3n) is 7.43. The summed E-state index contributed by atoms with van der Waals surface area (Å²) in [7, 11) is 1.61. The molecule has 50 heavy (non-hydrogen) atoms. The number of methoxy groups -OCH3 is 1. The molecule has 0 aliphatic rings. The van der Waals surface area contributed by atoms with Gasteiger partial charge in [-0.3, -0.25) is 14.4 Å². The highest BCUT2D eigenvalue weighted by Crippen LogP contribution is 2.38. The third kappa shape index (κ3) is 8.93. The highest BCUT2D eigenvalue weighted by atomic mass is 32.2. The second-order valence-corrected chi connectivity index (χ2v) is 13.0. The summed E-state index contributed by atoms with van der Waals surface area (Å²) in [5, 5.41) is 10.4. The molecule has 0 radical (unpaired) electrons. The van der Waals surface area contributed by atoms with Crippen molar-refractivity contribution in [3.63, 3.8) is 0 Å². The van der Waals surface area contributed by atoms with E-state index in [0.717, 1.165) is 33.0 Å². The van der Waals surface area contributed by atoms with Crippen molar-refractivity contribution in [2.45, 2.75) is 10.1 Å². The van der Waals surface area contributed by atoms with E-state index in [0.29, 0.717) is 16.4 Å². The molecule has 1 heterocycles. The van der Waals surface area contributed by atoms with Crippen LogP contribution < -0.4 is 20.7 Å². The quantitative estimate of drug-likeness (QED) is 0.0873. The Kier molecular flexibility index (Phi) is 11.1. The lowest BCUT2D eigenvalue weighted by Gasteiger charge is -2.17. The number of hydrogen-bond acceptors (Lipinski definition) is 7. The smallest absolute Gasteiger partial charge is 0.272 e. The number of ether oxygens (including phenoxy) is 1. The predicted molar refractivity (Wildman–Crippen MR) is 201 cm³/mol. The molecule has 8 nitrogen and oxygen atoms in total.